The van der Waals surface area contributed by atoms with Crippen LogP contribution in [0.25, 0.3) is 0 Å². The van der Waals surface area contributed by atoms with Crippen molar-refractivity contribution in [2.24, 2.45) is 0 Å². The van der Waals surface area contributed by atoms with Gasteiger partial charge in [0.1, 0.15) is 17.6 Å². The molecular weight excluding hydrogens is 318 g/mol. The lowest BCUT2D eigenvalue weighted by Gasteiger charge is -2.36. The lowest BCUT2D eigenvalue weighted by Crippen LogP contribution is -2.45. The van der Waals surface area contributed by atoms with Crippen LogP contribution in [0.2, 0.25) is 0 Å². The Morgan fingerprint density at radius 1 is 1.32 bits per heavy atom. The van der Waals surface area contributed by atoms with Crippen molar-refractivity contribution in [2.75, 3.05) is 26.4 Å². The summed E-state index contributed by atoms with van der Waals surface area (Å²) in [6.45, 7) is 5.87. The minimum atomic E-state index is -0.608. The van der Waals surface area contributed by atoms with Gasteiger partial charge in [0.25, 0.3) is 0 Å². The standard InChI is InChI=1S/C20H27NO4/c1-2-9-24-18-6-3-5-16(12-18)14-21-8-11-23-15-17(21)13-19(22)20-7-4-10-25-20/h3-7,10,12,17,19,22H,2,8-9,11,13-15H2,1H3. The summed E-state index contributed by atoms with van der Waals surface area (Å²) in [4.78, 5) is 2.37. The Kier molecular flexibility index (Phi) is 6.50. The first-order chi connectivity index (χ1) is 12.3. The summed E-state index contributed by atoms with van der Waals surface area (Å²) in [7, 11) is 0. The normalized spacial score (nSPS) is 19.7. The Morgan fingerprint density at radius 2 is 2.24 bits per heavy atom. The molecule has 0 aliphatic carbocycles. The first-order valence-electron chi connectivity index (χ1n) is 9.01. The van der Waals surface area contributed by atoms with E-state index in [0.717, 1.165) is 38.5 Å². The van der Waals surface area contributed by atoms with Crippen LogP contribution in [-0.4, -0.2) is 42.4 Å². The Hall–Kier alpha value is -1.82. The van der Waals surface area contributed by atoms with Crippen molar-refractivity contribution in [3.8, 4) is 5.75 Å². The molecule has 0 amide bonds. The fourth-order valence-corrected chi connectivity index (χ4v) is 3.16. The highest BCUT2D eigenvalue weighted by Crippen LogP contribution is 2.25. The van der Waals surface area contributed by atoms with Crippen molar-refractivity contribution in [2.45, 2.75) is 38.5 Å². The number of aliphatic hydroxyl groups is 1. The summed E-state index contributed by atoms with van der Waals surface area (Å²) >= 11 is 0. The van der Waals surface area contributed by atoms with E-state index in [1.807, 2.05) is 18.2 Å². The van der Waals surface area contributed by atoms with E-state index in [4.69, 9.17) is 13.9 Å². The van der Waals surface area contributed by atoms with Gasteiger partial charge in [-0.05, 0) is 42.7 Å². The predicted octanol–water partition coefficient (Wildman–Crippen LogP) is 3.39. The van der Waals surface area contributed by atoms with Crippen molar-refractivity contribution in [3.63, 3.8) is 0 Å². The van der Waals surface area contributed by atoms with E-state index in [0.29, 0.717) is 18.8 Å². The molecule has 0 radical (unpaired) electrons. The number of hydrogen-bond donors (Lipinski definition) is 1. The minimum Gasteiger partial charge on any atom is -0.494 e. The summed E-state index contributed by atoms with van der Waals surface area (Å²) < 4.78 is 16.7. The van der Waals surface area contributed by atoms with Gasteiger partial charge in [-0.1, -0.05) is 19.1 Å². The Bertz CT molecular complexity index is 628. The molecule has 1 saturated heterocycles. The van der Waals surface area contributed by atoms with Crippen LogP contribution in [0.3, 0.4) is 0 Å². The third-order valence-corrected chi connectivity index (χ3v) is 4.47. The molecule has 0 bridgehead atoms. The van der Waals surface area contributed by atoms with Gasteiger partial charge in [0, 0.05) is 19.1 Å². The fourth-order valence-electron chi connectivity index (χ4n) is 3.16. The molecule has 136 valence electrons. The molecule has 25 heavy (non-hydrogen) atoms. The molecule has 0 saturated carbocycles. The zero-order chi connectivity index (χ0) is 17.5. The van der Waals surface area contributed by atoms with Gasteiger partial charge in [-0.15, -0.1) is 0 Å². The van der Waals surface area contributed by atoms with Gasteiger partial charge in [0.05, 0.1) is 26.1 Å². The van der Waals surface area contributed by atoms with Crippen LogP contribution in [-0.2, 0) is 11.3 Å². The van der Waals surface area contributed by atoms with Gasteiger partial charge in [0.2, 0.25) is 0 Å². The van der Waals surface area contributed by atoms with Gasteiger partial charge >= 0.3 is 0 Å². The van der Waals surface area contributed by atoms with Crippen LogP contribution in [0.15, 0.2) is 47.1 Å². The number of benzene rings is 1. The van der Waals surface area contributed by atoms with E-state index in [9.17, 15) is 5.11 Å². The van der Waals surface area contributed by atoms with Crippen molar-refractivity contribution in [1.82, 2.24) is 4.90 Å². The molecule has 2 aromatic rings. The first-order valence-corrected chi connectivity index (χ1v) is 9.01. The van der Waals surface area contributed by atoms with Gasteiger partial charge in [-0.25, -0.2) is 0 Å². The highest BCUT2D eigenvalue weighted by atomic mass is 16.5. The molecule has 2 atom stereocenters. The van der Waals surface area contributed by atoms with Crippen molar-refractivity contribution >= 4 is 0 Å². The molecule has 3 rings (SSSR count). The second-order valence-corrected chi connectivity index (χ2v) is 6.46. The van der Waals surface area contributed by atoms with Crippen molar-refractivity contribution < 1.29 is 19.0 Å². The van der Waals surface area contributed by atoms with Crippen LogP contribution < -0.4 is 4.74 Å². The van der Waals surface area contributed by atoms with E-state index in [2.05, 4.69) is 24.0 Å². The highest BCUT2D eigenvalue weighted by Gasteiger charge is 2.27. The second-order valence-electron chi connectivity index (χ2n) is 6.46. The van der Waals surface area contributed by atoms with Crippen LogP contribution in [0.4, 0.5) is 0 Å². The molecule has 2 heterocycles. The van der Waals surface area contributed by atoms with Gasteiger partial charge in [-0.3, -0.25) is 4.90 Å². The SMILES string of the molecule is CCCOc1cccc(CN2CCOCC2CC(O)c2ccco2)c1. The molecule has 1 N–H and O–H groups in total. The fraction of sp³-hybridized carbons (Fsp3) is 0.500. The van der Waals surface area contributed by atoms with Gasteiger partial charge in [-0.2, -0.15) is 0 Å². The second kappa shape index (κ2) is 9.04. The van der Waals surface area contributed by atoms with E-state index < -0.39 is 6.10 Å². The lowest BCUT2D eigenvalue weighted by atomic mass is 10.0. The van der Waals surface area contributed by atoms with Crippen LogP contribution in [0.1, 0.15) is 37.2 Å². The van der Waals surface area contributed by atoms with E-state index >= 15 is 0 Å². The van der Waals surface area contributed by atoms with Crippen LogP contribution >= 0.6 is 0 Å². The summed E-state index contributed by atoms with van der Waals surface area (Å²) in [5.41, 5.74) is 1.22. The summed E-state index contributed by atoms with van der Waals surface area (Å²) in [5.74, 6) is 1.53. The van der Waals surface area contributed by atoms with Crippen molar-refractivity contribution in [1.29, 1.82) is 0 Å². The number of ether oxygens (including phenoxy) is 2. The summed E-state index contributed by atoms with van der Waals surface area (Å²) in [6.07, 6.45) is 2.58. The molecule has 5 nitrogen and oxygen atoms in total. The maximum Gasteiger partial charge on any atom is 0.132 e. The third-order valence-electron chi connectivity index (χ3n) is 4.47. The maximum atomic E-state index is 10.4. The zero-order valence-corrected chi connectivity index (χ0v) is 14.8. The minimum absolute atomic E-state index is 0.161. The molecule has 1 aromatic heterocycles. The number of morpholine rings is 1. The number of furan rings is 1. The molecule has 1 aliphatic heterocycles. The molecule has 1 aliphatic rings. The molecule has 5 heteroatoms. The number of nitrogens with zero attached hydrogens (tertiary/aromatic N) is 1. The lowest BCUT2D eigenvalue weighted by molar-refractivity contribution is -0.0323. The van der Waals surface area contributed by atoms with Gasteiger partial charge < -0.3 is 19.0 Å². The zero-order valence-electron chi connectivity index (χ0n) is 14.8. The topological polar surface area (TPSA) is 55.1 Å². The quantitative estimate of drug-likeness (QED) is 0.795. The van der Waals surface area contributed by atoms with Gasteiger partial charge in [0.15, 0.2) is 0 Å². The first kappa shape index (κ1) is 18.0. The Balaban J connectivity index is 1.63. The Labute approximate surface area is 149 Å². The molecule has 1 fully saturated rings. The third kappa shape index (κ3) is 5.08. The summed E-state index contributed by atoms with van der Waals surface area (Å²) in [6, 6.07) is 12.0. The van der Waals surface area contributed by atoms with E-state index in [1.54, 1.807) is 12.3 Å². The van der Waals surface area contributed by atoms with E-state index in [1.165, 1.54) is 5.56 Å². The average molecular weight is 345 g/mol. The molecule has 1 aromatic carbocycles. The molecule has 2 unspecified atom stereocenters. The van der Waals surface area contributed by atoms with Crippen molar-refractivity contribution in [3.05, 3.63) is 54.0 Å². The monoisotopic (exact) mass is 345 g/mol. The van der Waals surface area contributed by atoms with Crippen LogP contribution in [0, 0.1) is 0 Å². The predicted molar refractivity (Wildman–Crippen MR) is 95.5 cm³/mol. The number of hydrogen-bond acceptors (Lipinski definition) is 5. The smallest absolute Gasteiger partial charge is 0.132 e. The van der Waals surface area contributed by atoms with Crippen LogP contribution in [0.5, 0.6) is 5.75 Å². The van der Waals surface area contributed by atoms with E-state index in [-0.39, 0.29) is 6.04 Å². The highest BCUT2D eigenvalue weighted by molar-refractivity contribution is 5.28. The number of aliphatic hydroxyl groups excluding tert-OH is 1. The molecule has 0 spiro atoms. The average Bonchev–Trinajstić information content (AvgIpc) is 3.17. The Morgan fingerprint density at radius 3 is 3.04 bits per heavy atom. The largest absolute Gasteiger partial charge is 0.494 e. The number of rotatable bonds is 8. The summed E-state index contributed by atoms with van der Waals surface area (Å²) in [5, 5.41) is 10.4. The maximum absolute atomic E-state index is 10.4. The molecular formula is C20H27NO4.